The van der Waals surface area contributed by atoms with Gasteiger partial charge in [-0.15, -0.1) is 11.8 Å². The molecular weight excluding hydrogens is 330 g/mol. The Balaban J connectivity index is 2.26. The van der Waals surface area contributed by atoms with Gasteiger partial charge in [-0.1, -0.05) is 24.3 Å². The van der Waals surface area contributed by atoms with E-state index < -0.39 is 9.84 Å². The standard InChI is InChI=1S/C16H15N3O2S2/c1-22-16-15(23(20,21)12-7-3-2-4-8-12)13(11-17)19-10-6-5-9-14(19)18-16/h2-11H,17H2,1H3. The maximum absolute atomic E-state index is 13.1. The van der Waals surface area contributed by atoms with Gasteiger partial charge in [0.2, 0.25) is 9.84 Å². The molecule has 118 valence electrons. The number of fused-ring (bicyclic) bond motifs is 1. The maximum Gasteiger partial charge on any atom is 0.211 e. The highest BCUT2D eigenvalue weighted by Gasteiger charge is 2.34. The number of sulfone groups is 1. The fourth-order valence-electron chi connectivity index (χ4n) is 2.37. The van der Waals surface area contributed by atoms with E-state index in [1.54, 1.807) is 53.8 Å². The molecule has 0 aromatic heterocycles. The van der Waals surface area contributed by atoms with Crippen molar-refractivity contribution >= 4 is 27.4 Å². The first-order chi connectivity index (χ1) is 11.1. The van der Waals surface area contributed by atoms with Crippen molar-refractivity contribution in [3.63, 3.8) is 0 Å². The van der Waals surface area contributed by atoms with Crippen molar-refractivity contribution in [2.45, 2.75) is 4.90 Å². The fourth-order valence-corrected chi connectivity index (χ4v) is 4.89. The van der Waals surface area contributed by atoms with Crippen LogP contribution in [0.15, 0.2) is 86.5 Å². The third kappa shape index (κ3) is 2.62. The van der Waals surface area contributed by atoms with E-state index in [-0.39, 0.29) is 9.80 Å². The van der Waals surface area contributed by atoms with Crippen LogP contribution in [0.4, 0.5) is 0 Å². The van der Waals surface area contributed by atoms with Crippen molar-refractivity contribution in [3.8, 4) is 0 Å². The average molecular weight is 345 g/mol. The van der Waals surface area contributed by atoms with Crippen LogP contribution in [0.2, 0.25) is 0 Å². The lowest BCUT2D eigenvalue weighted by Crippen LogP contribution is -2.32. The quantitative estimate of drug-likeness (QED) is 0.911. The van der Waals surface area contributed by atoms with Crippen LogP contribution in [0.5, 0.6) is 0 Å². The second-order valence-corrected chi connectivity index (χ2v) is 7.43. The highest BCUT2D eigenvalue weighted by molar-refractivity contribution is 8.04. The lowest BCUT2D eigenvalue weighted by molar-refractivity contribution is 0.597. The number of aliphatic imine (C=N–C) groups is 1. The van der Waals surface area contributed by atoms with Gasteiger partial charge < -0.3 is 5.73 Å². The lowest BCUT2D eigenvalue weighted by atomic mass is 10.2. The van der Waals surface area contributed by atoms with Crippen molar-refractivity contribution < 1.29 is 8.42 Å². The van der Waals surface area contributed by atoms with Crippen molar-refractivity contribution in [2.75, 3.05) is 6.26 Å². The third-order valence-corrected chi connectivity index (χ3v) is 6.06. The summed E-state index contributed by atoms with van der Waals surface area (Å²) in [5, 5.41) is 0.428. The van der Waals surface area contributed by atoms with Gasteiger partial charge in [0, 0.05) is 12.4 Å². The Hall–Kier alpha value is -2.25. The molecule has 1 aromatic carbocycles. The minimum absolute atomic E-state index is 0.127. The van der Waals surface area contributed by atoms with Gasteiger partial charge in [0.15, 0.2) is 0 Å². The zero-order valence-electron chi connectivity index (χ0n) is 12.4. The molecule has 0 saturated heterocycles. The van der Waals surface area contributed by atoms with Crippen LogP contribution in [0, 0.1) is 0 Å². The number of rotatable bonds is 3. The molecule has 23 heavy (non-hydrogen) atoms. The zero-order chi connectivity index (χ0) is 16.4. The topological polar surface area (TPSA) is 75.8 Å². The van der Waals surface area contributed by atoms with Gasteiger partial charge in [-0.3, -0.25) is 4.90 Å². The van der Waals surface area contributed by atoms with Crippen LogP contribution in [0.1, 0.15) is 0 Å². The molecule has 0 radical (unpaired) electrons. The van der Waals surface area contributed by atoms with Crippen LogP contribution < -0.4 is 5.73 Å². The van der Waals surface area contributed by atoms with E-state index in [0.29, 0.717) is 16.6 Å². The average Bonchev–Trinajstić information content (AvgIpc) is 2.60. The Bertz CT molecular complexity index is 879. The van der Waals surface area contributed by atoms with Crippen LogP contribution in [-0.2, 0) is 9.84 Å². The summed E-state index contributed by atoms with van der Waals surface area (Å²) in [6, 6.07) is 8.30. The highest BCUT2D eigenvalue weighted by Crippen LogP contribution is 2.38. The fraction of sp³-hybridized carbons (Fsp3) is 0.0625. The minimum Gasteiger partial charge on any atom is -0.403 e. The van der Waals surface area contributed by atoms with Crippen molar-refractivity contribution in [2.24, 2.45) is 10.7 Å². The summed E-state index contributed by atoms with van der Waals surface area (Å²) in [7, 11) is -3.73. The summed E-state index contributed by atoms with van der Waals surface area (Å²) >= 11 is 1.28. The first-order valence-electron chi connectivity index (χ1n) is 6.83. The molecule has 0 fully saturated rings. The smallest absolute Gasteiger partial charge is 0.211 e. The molecule has 0 unspecified atom stereocenters. The Labute approximate surface area is 139 Å². The van der Waals surface area contributed by atoms with Crippen LogP contribution in [0.3, 0.4) is 0 Å². The number of amidine groups is 1. The molecule has 7 heteroatoms. The van der Waals surface area contributed by atoms with Crippen LogP contribution >= 0.6 is 11.8 Å². The Morgan fingerprint density at radius 1 is 1.22 bits per heavy atom. The van der Waals surface area contributed by atoms with Gasteiger partial charge in [0.05, 0.1) is 10.6 Å². The van der Waals surface area contributed by atoms with Crippen molar-refractivity contribution in [1.29, 1.82) is 0 Å². The number of nitrogens with zero attached hydrogens (tertiary/aromatic N) is 2. The first-order valence-corrected chi connectivity index (χ1v) is 9.54. The predicted molar refractivity (Wildman–Crippen MR) is 94.0 cm³/mol. The van der Waals surface area contributed by atoms with Gasteiger partial charge in [0.25, 0.3) is 0 Å². The highest BCUT2D eigenvalue weighted by atomic mass is 32.2. The summed E-state index contributed by atoms with van der Waals surface area (Å²) in [6.07, 6.45) is 10.3. The molecule has 2 N–H and O–H groups in total. The summed E-state index contributed by atoms with van der Waals surface area (Å²) in [4.78, 5) is 6.49. The van der Waals surface area contributed by atoms with Gasteiger partial charge in [-0.2, -0.15) is 0 Å². The number of hydrogen-bond acceptors (Lipinski definition) is 6. The molecule has 0 saturated carbocycles. The van der Waals surface area contributed by atoms with E-state index in [9.17, 15) is 8.42 Å². The summed E-state index contributed by atoms with van der Waals surface area (Å²) in [5.74, 6) is 0.639. The summed E-state index contributed by atoms with van der Waals surface area (Å²) in [6.45, 7) is 0. The molecule has 2 aliphatic rings. The Morgan fingerprint density at radius 3 is 2.61 bits per heavy atom. The van der Waals surface area contributed by atoms with Gasteiger partial charge >= 0.3 is 0 Å². The molecule has 0 bridgehead atoms. The third-order valence-electron chi connectivity index (χ3n) is 3.41. The van der Waals surface area contributed by atoms with Crippen LogP contribution in [0.25, 0.3) is 0 Å². The molecule has 3 rings (SSSR count). The number of nitrogens with two attached hydrogens (primary N) is 1. The maximum atomic E-state index is 13.1. The van der Waals surface area contributed by atoms with E-state index in [0.717, 1.165) is 0 Å². The van der Waals surface area contributed by atoms with Crippen molar-refractivity contribution in [1.82, 2.24) is 4.90 Å². The van der Waals surface area contributed by atoms with E-state index in [1.165, 1.54) is 18.0 Å². The predicted octanol–water partition coefficient (Wildman–Crippen LogP) is 2.59. The molecular formula is C16H15N3O2S2. The minimum atomic E-state index is -3.73. The van der Waals surface area contributed by atoms with E-state index in [1.807, 2.05) is 12.2 Å². The molecule has 0 spiro atoms. The number of benzene rings is 1. The summed E-state index contributed by atoms with van der Waals surface area (Å²) in [5.41, 5.74) is 6.17. The molecule has 0 aliphatic carbocycles. The first kappa shape index (κ1) is 15.6. The molecule has 2 aliphatic heterocycles. The monoisotopic (exact) mass is 345 g/mol. The Kier molecular flexibility index (Phi) is 4.14. The lowest BCUT2D eigenvalue weighted by Gasteiger charge is -2.30. The van der Waals surface area contributed by atoms with Gasteiger partial charge in [0.1, 0.15) is 15.8 Å². The van der Waals surface area contributed by atoms with Gasteiger partial charge in [-0.05, 0) is 30.5 Å². The summed E-state index contributed by atoms with van der Waals surface area (Å²) < 4.78 is 26.2. The van der Waals surface area contributed by atoms with E-state index >= 15 is 0 Å². The van der Waals surface area contributed by atoms with E-state index in [4.69, 9.17) is 5.73 Å². The Morgan fingerprint density at radius 2 is 1.96 bits per heavy atom. The van der Waals surface area contributed by atoms with Crippen LogP contribution in [-0.4, -0.2) is 25.4 Å². The molecule has 5 nitrogen and oxygen atoms in total. The van der Waals surface area contributed by atoms with E-state index in [2.05, 4.69) is 4.99 Å². The number of allylic oxidation sites excluding steroid dienone is 2. The normalized spacial score (nSPS) is 19.1. The molecule has 1 aromatic rings. The SMILES string of the molecule is CSC1=C(S(=O)(=O)c2ccccc2)C(=CN)N2C=CC=CC2=N1. The second-order valence-electron chi connectivity index (χ2n) is 4.75. The number of hydrogen-bond donors (Lipinski definition) is 1. The molecule has 2 heterocycles. The zero-order valence-corrected chi connectivity index (χ0v) is 14.0. The second kappa shape index (κ2) is 6.10. The number of thioether (sulfide) groups is 1. The van der Waals surface area contributed by atoms with Crippen molar-refractivity contribution in [3.05, 3.63) is 76.6 Å². The largest absolute Gasteiger partial charge is 0.403 e. The molecule has 0 atom stereocenters. The van der Waals surface area contributed by atoms with Gasteiger partial charge in [-0.25, -0.2) is 13.4 Å². The molecule has 0 amide bonds.